The Bertz CT molecular complexity index is 819. The highest BCUT2D eigenvalue weighted by Crippen LogP contribution is 2.22. The van der Waals surface area contributed by atoms with Gasteiger partial charge < -0.3 is 15.5 Å². The minimum absolute atomic E-state index is 0.0470. The van der Waals surface area contributed by atoms with Crippen LogP contribution < -0.4 is 21.1 Å². The third kappa shape index (κ3) is 3.28. The van der Waals surface area contributed by atoms with Crippen molar-refractivity contribution in [3.63, 3.8) is 0 Å². The summed E-state index contributed by atoms with van der Waals surface area (Å²) in [6.45, 7) is 4.26. The van der Waals surface area contributed by atoms with Gasteiger partial charge in [-0.05, 0) is 43.7 Å². The molecule has 2 N–H and O–H groups in total. The maximum atomic E-state index is 13.3. The fourth-order valence-corrected chi connectivity index (χ4v) is 3.99. The molecule has 6 heteroatoms. The van der Waals surface area contributed by atoms with Gasteiger partial charge in [0.2, 0.25) is 5.95 Å². The average molecular weight is 353 g/mol. The van der Waals surface area contributed by atoms with Crippen LogP contribution in [0.1, 0.15) is 37.7 Å². The summed E-state index contributed by atoms with van der Waals surface area (Å²) in [7, 11) is 0. The number of nitrogens with two attached hydrogens (primary N) is 1. The lowest BCUT2D eigenvalue weighted by molar-refractivity contribution is 0.551. The molecule has 138 valence electrons. The SMILES string of the molecule is Nc1ccccc1Cn1c(N2CCCCC2)ncc(N2CCCC2)c1=O. The zero-order chi connectivity index (χ0) is 17.9. The number of aromatic nitrogens is 2. The Morgan fingerprint density at radius 1 is 0.923 bits per heavy atom. The van der Waals surface area contributed by atoms with E-state index >= 15 is 0 Å². The lowest BCUT2D eigenvalue weighted by atomic mass is 10.1. The molecule has 0 spiro atoms. The smallest absolute Gasteiger partial charge is 0.278 e. The summed E-state index contributed by atoms with van der Waals surface area (Å²) in [6, 6.07) is 7.77. The number of hydrogen-bond acceptors (Lipinski definition) is 5. The quantitative estimate of drug-likeness (QED) is 0.855. The average Bonchev–Trinajstić information content (AvgIpc) is 3.20. The van der Waals surface area contributed by atoms with Gasteiger partial charge in [0, 0.05) is 31.9 Å². The summed E-state index contributed by atoms with van der Waals surface area (Å²) in [5.74, 6) is 0.779. The lowest BCUT2D eigenvalue weighted by Crippen LogP contribution is -2.38. The van der Waals surface area contributed by atoms with E-state index in [1.807, 2.05) is 28.8 Å². The van der Waals surface area contributed by atoms with Crippen molar-refractivity contribution in [2.45, 2.75) is 38.6 Å². The van der Waals surface area contributed by atoms with Gasteiger partial charge in [0.05, 0.1) is 12.7 Å². The molecule has 0 amide bonds. The molecule has 3 heterocycles. The molecule has 0 aliphatic carbocycles. The second kappa shape index (κ2) is 7.40. The fourth-order valence-electron chi connectivity index (χ4n) is 3.99. The second-order valence-electron chi connectivity index (χ2n) is 7.28. The fraction of sp³-hybridized carbons (Fsp3) is 0.500. The van der Waals surface area contributed by atoms with Gasteiger partial charge in [-0.25, -0.2) is 4.98 Å². The number of para-hydroxylation sites is 1. The Morgan fingerprint density at radius 2 is 1.58 bits per heavy atom. The number of piperidine rings is 1. The number of rotatable bonds is 4. The van der Waals surface area contributed by atoms with Crippen molar-refractivity contribution in [1.82, 2.24) is 9.55 Å². The van der Waals surface area contributed by atoms with Crippen molar-refractivity contribution in [3.8, 4) is 0 Å². The van der Waals surface area contributed by atoms with Gasteiger partial charge >= 0.3 is 0 Å². The third-order valence-corrected chi connectivity index (χ3v) is 5.48. The maximum Gasteiger partial charge on any atom is 0.278 e. The van der Waals surface area contributed by atoms with E-state index in [-0.39, 0.29) is 5.56 Å². The monoisotopic (exact) mass is 353 g/mol. The summed E-state index contributed by atoms with van der Waals surface area (Å²) in [5.41, 5.74) is 8.60. The molecule has 2 aliphatic heterocycles. The first-order valence-electron chi connectivity index (χ1n) is 9.67. The highest BCUT2D eigenvalue weighted by Gasteiger charge is 2.22. The van der Waals surface area contributed by atoms with Crippen LogP contribution in [-0.4, -0.2) is 35.7 Å². The zero-order valence-corrected chi connectivity index (χ0v) is 15.2. The van der Waals surface area contributed by atoms with Gasteiger partial charge in [-0.1, -0.05) is 18.2 Å². The molecule has 6 nitrogen and oxygen atoms in total. The molecule has 2 aromatic rings. The van der Waals surface area contributed by atoms with E-state index in [9.17, 15) is 4.79 Å². The molecule has 26 heavy (non-hydrogen) atoms. The molecule has 0 saturated carbocycles. The molecule has 0 unspecified atom stereocenters. The van der Waals surface area contributed by atoms with Crippen LogP contribution in [-0.2, 0) is 6.54 Å². The molecule has 0 atom stereocenters. The largest absolute Gasteiger partial charge is 0.398 e. The second-order valence-corrected chi connectivity index (χ2v) is 7.28. The van der Waals surface area contributed by atoms with Crippen molar-refractivity contribution in [2.75, 3.05) is 41.7 Å². The Hall–Kier alpha value is -2.50. The van der Waals surface area contributed by atoms with E-state index in [1.165, 1.54) is 6.42 Å². The topological polar surface area (TPSA) is 67.4 Å². The number of nitrogens with zero attached hydrogens (tertiary/aromatic N) is 4. The van der Waals surface area contributed by atoms with Crippen LogP contribution in [0.4, 0.5) is 17.3 Å². The standard InChI is InChI=1S/C20H27N5O/c21-17-9-3-2-8-16(17)15-25-19(26)18(23-10-6-7-11-23)14-22-20(25)24-12-4-1-5-13-24/h2-3,8-9,14H,1,4-7,10-13,15,21H2. The minimum atomic E-state index is 0.0470. The molecule has 1 aromatic carbocycles. The van der Waals surface area contributed by atoms with Crippen LogP contribution >= 0.6 is 0 Å². The summed E-state index contributed by atoms with van der Waals surface area (Å²) < 4.78 is 1.82. The predicted molar refractivity (Wildman–Crippen MR) is 106 cm³/mol. The summed E-state index contributed by atoms with van der Waals surface area (Å²) >= 11 is 0. The summed E-state index contributed by atoms with van der Waals surface area (Å²) in [6.07, 6.45) is 7.60. The normalized spacial score (nSPS) is 17.7. The predicted octanol–water partition coefficient (Wildman–Crippen LogP) is 2.46. The molecule has 0 radical (unpaired) electrons. The van der Waals surface area contributed by atoms with Crippen LogP contribution in [0.3, 0.4) is 0 Å². The lowest BCUT2D eigenvalue weighted by Gasteiger charge is -2.30. The van der Waals surface area contributed by atoms with Crippen molar-refractivity contribution < 1.29 is 0 Å². The van der Waals surface area contributed by atoms with Gasteiger partial charge in [-0.3, -0.25) is 9.36 Å². The van der Waals surface area contributed by atoms with Gasteiger partial charge in [0.1, 0.15) is 5.69 Å². The minimum Gasteiger partial charge on any atom is -0.398 e. The molecule has 2 aliphatic rings. The van der Waals surface area contributed by atoms with E-state index in [0.717, 1.165) is 74.7 Å². The van der Waals surface area contributed by atoms with Crippen molar-refractivity contribution in [3.05, 3.63) is 46.4 Å². The molecule has 2 saturated heterocycles. The van der Waals surface area contributed by atoms with E-state index in [4.69, 9.17) is 10.7 Å². The molecule has 1 aromatic heterocycles. The molecular formula is C20H27N5O. The molecular weight excluding hydrogens is 326 g/mol. The zero-order valence-electron chi connectivity index (χ0n) is 15.2. The first-order valence-corrected chi connectivity index (χ1v) is 9.67. The molecule has 4 rings (SSSR count). The van der Waals surface area contributed by atoms with Crippen molar-refractivity contribution in [2.24, 2.45) is 0 Å². The van der Waals surface area contributed by atoms with Gasteiger partial charge in [-0.15, -0.1) is 0 Å². The van der Waals surface area contributed by atoms with E-state index < -0.39 is 0 Å². The highest BCUT2D eigenvalue weighted by atomic mass is 16.1. The van der Waals surface area contributed by atoms with Crippen LogP contribution in [0.2, 0.25) is 0 Å². The van der Waals surface area contributed by atoms with E-state index in [0.29, 0.717) is 6.54 Å². The van der Waals surface area contributed by atoms with Crippen LogP contribution in [0.15, 0.2) is 35.3 Å². The van der Waals surface area contributed by atoms with Crippen molar-refractivity contribution in [1.29, 1.82) is 0 Å². The van der Waals surface area contributed by atoms with E-state index in [2.05, 4.69) is 9.80 Å². The summed E-state index contributed by atoms with van der Waals surface area (Å²) in [5, 5.41) is 0. The van der Waals surface area contributed by atoms with E-state index in [1.54, 1.807) is 6.20 Å². The van der Waals surface area contributed by atoms with Gasteiger partial charge in [-0.2, -0.15) is 0 Å². The van der Waals surface area contributed by atoms with Gasteiger partial charge in [0.15, 0.2) is 0 Å². The summed E-state index contributed by atoms with van der Waals surface area (Å²) in [4.78, 5) is 22.5. The van der Waals surface area contributed by atoms with Crippen LogP contribution in [0.5, 0.6) is 0 Å². The first kappa shape index (κ1) is 16.9. The Balaban J connectivity index is 1.77. The first-order chi connectivity index (χ1) is 12.7. The molecule has 0 bridgehead atoms. The number of hydrogen-bond donors (Lipinski definition) is 1. The molecule has 2 fully saturated rings. The Morgan fingerprint density at radius 3 is 2.31 bits per heavy atom. The Kier molecular flexibility index (Phi) is 4.82. The number of benzene rings is 1. The maximum absolute atomic E-state index is 13.3. The van der Waals surface area contributed by atoms with Crippen LogP contribution in [0.25, 0.3) is 0 Å². The number of nitrogen functional groups attached to an aromatic ring is 1. The van der Waals surface area contributed by atoms with Crippen molar-refractivity contribution >= 4 is 17.3 Å². The third-order valence-electron chi connectivity index (χ3n) is 5.48. The van der Waals surface area contributed by atoms with Crippen LogP contribution in [0, 0.1) is 0 Å². The van der Waals surface area contributed by atoms with Gasteiger partial charge in [0.25, 0.3) is 5.56 Å². The Labute approximate surface area is 154 Å². The highest BCUT2D eigenvalue weighted by molar-refractivity contribution is 5.50. The number of anilines is 3.